The number of hydrogen-bond donors (Lipinski definition) is 0. The van der Waals surface area contributed by atoms with Crippen LogP contribution in [0.1, 0.15) is 4.88 Å². The average Bonchev–Trinajstić information content (AvgIpc) is 2.66. The van der Waals surface area contributed by atoms with Crippen molar-refractivity contribution in [3.8, 4) is 0 Å². The van der Waals surface area contributed by atoms with E-state index >= 15 is 0 Å². The molecule has 82 valence electrons. The van der Waals surface area contributed by atoms with Crippen LogP contribution in [0.15, 0.2) is 35.3 Å². The summed E-state index contributed by atoms with van der Waals surface area (Å²) in [7, 11) is 0. The van der Waals surface area contributed by atoms with Crippen LogP contribution < -0.4 is 0 Å². The van der Waals surface area contributed by atoms with Gasteiger partial charge < -0.3 is 0 Å². The molecule has 5 heteroatoms. The minimum absolute atomic E-state index is 0.500. The summed E-state index contributed by atoms with van der Waals surface area (Å²) in [6.45, 7) is 0. The van der Waals surface area contributed by atoms with E-state index in [0.29, 0.717) is 10.0 Å². The van der Waals surface area contributed by atoms with Crippen LogP contribution in [0.2, 0.25) is 14.4 Å². The van der Waals surface area contributed by atoms with E-state index in [1.807, 2.05) is 12.1 Å². The van der Waals surface area contributed by atoms with Crippen LogP contribution >= 0.6 is 46.1 Å². The first-order chi connectivity index (χ1) is 7.65. The lowest BCUT2D eigenvalue weighted by molar-refractivity contribution is 1.54. The van der Waals surface area contributed by atoms with E-state index in [9.17, 15) is 0 Å². The predicted octanol–water partition coefficient (Wildman–Crippen LogP) is 5.46. The Balaban J connectivity index is 2.20. The van der Waals surface area contributed by atoms with Crippen molar-refractivity contribution in [3.63, 3.8) is 0 Å². The largest absolute Gasteiger partial charge is 0.255 e. The fourth-order valence-electron chi connectivity index (χ4n) is 1.10. The van der Waals surface area contributed by atoms with Crippen LogP contribution in [0.25, 0.3) is 0 Å². The first-order valence-corrected chi connectivity index (χ1v) is 6.34. The van der Waals surface area contributed by atoms with Crippen molar-refractivity contribution >= 4 is 58.0 Å². The molecule has 0 aliphatic rings. The Bertz CT molecular complexity index is 534. The Morgan fingerprint density at radius 3 is 2.44 bits per heavy atom. The number of rotatable bonds is 2. The van der Waals surface area contributed by atoms with Crippen molar-refractivity contribution in [1.82, 2.24) is 0 Å². The monoisotopic (exact) mass is 289 g/mol. The topological polar surface area (TPSA) is 12.4 Å². The average molecular weight is 291 g/mol. The second-order valence-corrected chi connectivity index (χ2v) is 5.56. The molecule has 2 rings (SSSR count). The Hall–Kier alpha value is -0.540. The third-order valence-electron chi connectivity index (χ3n) is 1.84. The number of nitrogens with zero attached hydrogens (tertiary/aromatic N) is 1. The molecule has 0 aliphatic heterocycles. The van der Waals surface area contributed by atoms with Crippen LogP contribution in [0.4, 0.5) is 5.69 Å². The zero-order valence-electron chi connectivity index (χ0n) is 7.95. The molecule has 0 saturated heterocycles. The maximum Gasteiger partial charge on any atom is 0.0935 e. The van der Waals surface area contributed by atoms with E-state index in [0.717, 1.165) is 14.9 Å². The number of benzene rings is 1. The van der Waals surface area contributed by atoms with Gasteiger partial charge in [-0.25, -0.2) is 0 Å². The number of hydrogen-bond acceptors (Lipinski definition) is 2. The molecule has 16 heavy (non-hydrogen) atoms. The van der Waals surface area contributed by atoms with E-state index in [1.54, 1.807) is 24.4 Å². The molecule has 0 bridgehead atoms. The Morgan fingerprint density at radius 2 is 1.81 bits per heavy atom. The second kappa shape index (κ2) is 5.19. The standard InChI is InChI=1S/C11H6Cl3NS/c12-9-3-1-7(5-10(9)13)15-6-8-2-4-11(14)16-8/h1-6H. The minimum Gasteiger partial charge on any atom is -0.255 e. The van der Waals surface area contributed by atoms with E-state index in [-0.39, 0.29) is 0 Å². The van der Waals surface area contributed by atoms with Crippen molar-refractivity contribution in [2.75, 3.05) is 0 Å². The molecular formula is C11H6Cl3NS. The quantitative estimate of drug-likeness (QED) is 0.651. The van der Waals surface area contributed by atoms with Crippen LogP contribution in [-0.4, -0.2) is 6.21 Å². The normalized spacial score (nSPS) is 11.2. The summed E-state index contributed by atoms with van der Waals surface area (Å²) in [6, 6.07) is 8.99. The second-order valence-electron chi connectivity index (χ2n) is 3.00. The van der Waals surface area contributed by atoms with Crippen molar-refractivity contribution in [2.24, 2.45) is 4.99 Å². The Labute approximate surface area is 112 Å². The van der Waals surface area contributed by atoms with Gasteiger partial charge in [0.2, 0.25) is 0 Å². The molecule has 0 saturated carbocycles. The van der Waals surface area contributed by atoms with Crippen LogP contribution in [0.3, 0.4) is 0 Å². The predicted molar refractivity (Wildman–Crippen MR) is 73.0 cm³/mol. The summed E-state index contributed by atoms with van der Waals surface area (Å²) in [4.78, 5) is 5.27. The van der Waals surface area contributed by atoms with Gasteiger partial charge in [0.25, 0.3) is 0 Å². The van der Waals surface area contributed by atoms with Gasteiger partial charge in [0.05, 0.1) is 20.1 Å². The zero-order chi connectivity index (χ0) is 11.5. The maximum absolute atomic E-state index is 5.88. The van der Waals surface area contributed by atoms with Crippen molar-refractivity contribution in [2.45, 2.75) is 0 Å². The van der Waals surface area contributed by atoms with Crippen molar-refractivity contribution in [1.29, 1.82) is 0 Å². The van der Waals surface area contributed by atoms with Gasteiger partial charge in [-0.05, 0) is 30.3 Å². The number of halogens is 3. The number of thiophene rings is 1. The van der Waals surface area contributed by atoms with Gasteiger partial charge >= 0.3 is 0 Å². The summed E-state index contributed by atoms with van der Waals surface area (Å²) in [5, 5.41) is 1.03. The summed E-state index contributed by atoms with van der Waals surface area (Å²) in [5.74, 6) is 0. The van der Waals surface area contributed by atoms with Gasteiger partial charge in [-0.1, -0.05) is 34.8 Å². The van der Waals surface area contributed by atoms with Gasteiger partial charge in [0.15, 0.2) is 0 Å². The lowest BCUT2D eigenvalue weighted by Crippen LogP contribution is -1.73. The zero-order valence-corrected chi connectivity index (χ0v) is 11.0. The molecule has 0 N–H and O–H groups in total. The van der Waals surface area contributed by atoms with Gasteiger partial charge in [0.1, 0.15) is 0 Å². The molecule has 1 heterocycles. The van der Waals surface area contributed by atoms with Crippen LogP contribution in [-0.2, 0) is 0 Å². The molecule has 1 aromatic carbocycles. The SMILES string of the molecule is Clc1ccc(C=Nc2ccc(Cl)c(Cl)c2)s1. The van der Waals surface area contributed by atoms with E-state index in [1.165, 1.54) is 11.3 Å². The maximum atomic E-state index is 5.88. The highest BCUT2D eigenvalue weighted by Gasteiger charge is 1.98. The molecule has 0 atom stereocenters. The van der Waals surface area contributed by atoms with Gasteiger partial charge in [0, 0.05) is 11.1 Å². The summed E-state index contributed by atoms with van der Waals surface area (Å²) >= 11 is 19.0. The lowest BCUT2D eigenvalue weighted by atomic mass is 10.3. The highest BCUT2D eigenvalue weighted by Crippen LogP contribution is 2.27. The molecule has 0 amide bonds. The fourth-order valence-corrected chi connectivity index (χ4v) is 2.33. The van der Waals surface area contributed by atoms with Gasteiger partial charge in [-0.3, -0.25) is 4.99 Å². The van der Waals surface area contributed by atoms with Crippen LogP contribution in [0.5, 0.6) is 0 Å². The third-order valence-corrected chi connectivity index (χ3v) is 3.74. The van der Waals surface area contributed by atoms with Crippen LogP contribution in [0, 0.1) is 0 Å². The highest BCUT2D eigenvalue weighted by molar-refractivity contribution is 7.17. The molecule has 0 radical (unpaired) electrons. The molecular weight excluding hydrogens is 285 g/mol. The molecule has 0 unspecified atom stereocenters. The van der Waals surface area contributed by atoms with E-state index < -0.39 is 0 Å². The fraction of sp³-hybridized carbons (Fsp3) is 0. The summed E-state index contributed by atoms with van der Waals surface area (Å²) in [5.41, 5.74) is 0.763. The molecule has 2 aromatic rings. The van der Waals surface area contributed by atoms with Gasteiger partial charge in [-0.15, -0.1) is 11.3 Å². The van der Waals surface area contributed by atoms with Crippen molar-refractivity contribution in [3.05, 3.63) is 49.6 Å². The molecule has 0 fully saturated rings. The lowest BCUT2D eigenvalue weighted by Gasteiger charge is -1.96. The van der Waals surface area contributed by atoms with E-state index in [4.69, 9.17) is 34.8 Å². The Morgan fingerprint density at radius 1 is 1.00 bits per heavy atom. The first-order valence-electron chi connectivity index (χ1n) is 4.39. The Kier molecular flexibility index (Phi) is 3.87. The summed E-state index contributed by atoms with van der Waals surface area (Å²) < 4.78 is 0.746. The van der Waals surface area contributed by atoms with Crippen molar-refractivity contribution < 1.29 is 0 Å². The van der Waals surface area contributed by atoms with Gasteiger partial charge in [-0.2, -0.15) is 0 Å². The molecule has 0 aliphatic carbocycles. The smallest absolute Gasteiger partial charge is 0.0935 e. The highest BCUT2D eigenvalue weighted by atomic mass is 35.5. The van der Waals surface area contributed by atoms with E-state index in [2.05, 4.69) is 4.99 Å². The third kappa shape index (κ3) is 2.98. The minimum atomic E-state index is 0.500. The number of aliphatic imine (C=N–C) groups is 1. The molecule has 1 nitrogen and oxygen atoms in total. The first kappa shape index (κ1) is 11.9. The molecule has 0 spiro atoms. The summed E-state index contributed by atoms with van der Waals surface area (Å²) in [6.07, 6.45) is 1.75. The molecule has 1 aromatic heterocycles.